The summed E-state index contributed by atoms with van der Waals surface area (Å²) in [6.45, 7) is 5.54. The molecule has 2 aromatic rings. The van der Waals surface area contributed by atoms with Crippen molar-refractivity contribution < 1.29 is 0 Å². The first-order valence-electron chi connectivity index (χ1n) is 7.56. The van der Waals surface area contributed by atoms with Gasteiger partial charge in [0.25, 0.3) is 0 Å². The molecule has 1 aliphatic heterocycles. The van der Waals surface area contributed by atoms with Crippen LogP contribution in [0.1, 0.15) is 19.8 Å². The second kappa shape index (κ2) is 6.16. The second-order valence-corrected chi connectivity index (χ2v) is 6.02. The lowest BCUT2D eigenvalue weighted by Crippen LogP contribution is -2.39. The molecule has 1 saturated heterocycles. The Balaban J connectivity index is 1.88. The zero-order chi connectivity index (χ0) is 14.8. The van der Waals surface area contributed by atoms with E-state index in [1.807, 2.05) is 18.2 Å². The van der Waals surface area contributed by atoms with Gasteiger partial charge in [0, 0.05) is 30.4 Å². The van der Waals surface area contributed by atoms with E-state index < -0.39 is 0 Å². The molecule has 0 amide bonds. The van der Waals surface area contributed by atoms with Crippen LogP contribution in [0.5, 0.6) is 0 Å². The Morgan fingerprint density at radius 3 is 2.81 bits per heavy atom. The minimum absolute atomic E-state index is 0.471. The molecule has 0 aliphatic carbocycles. The van der Waals surface area contributed by atoms with Crippen LogP contribution in [0.2, 0.25) is 5.15 Å². The van der Waals surface area contributed by atoms with E-state index in [0.29, 0.717) is 11.2 Å². The van der Waals surface area contributed by atoms with Gasteiger partial charge in [-0.15, -0.1) is 10.2 Å². The molecule has 0 bridgehead atoms. The van der Waals surface area contributed by atoms with Gasteiger partial charge in [-0.05, 0) is 25.9 Å². The van der Waals surface area contributed by atoms with Gasteiger partial charge in [0.1, 0.15) is 0 Å². The van der Waals surface area contributed by atoms with Crippen molar-refractivity contribution in [2.75, 3.05) is 31.6 Å². The van der Waals surface area contributed by atoms with Crippen LogP contribution in [0.3, 0.4) is 0 Å². The van der Waals surface area contributed by atoms with Crippen LogP contribution in [-0.4, -0.2) is 47.8 Å². The Bertz CT molecular complexity index is 631. The quantitative estimate of drug-likeness (QED) is 0.868. The average molecular weight is 305 g/mol. The fraction of sp³-hybridized carbons (Fsp3) is 0.500. The lowest BCUT2D eigenvalue weighted by Gasteiger charge is -2.28. The van der Waals surface area contributed by atoms with Gasteiger partial charge in [0.05, 0.1) is 0 Å². The predicted octanol–water partition coefficient (Wildman–Crippen LogP) is 3.20. The summed E-state index contributed by atoms with van der Waals surface area (Å²) < 4.78 is 0. The molecular formula is C16H21ClN4. The molecule has 1 fully saturated rings. The molecule has 1 aromatic carbocycles. The molecule has 5 heteroatoms. The molecule has 1 aliphatic rings. The molecule has 0 spiro atoms. The number of hydrogen-bond donors (Lipinski definition) is 0. The summed E-state index contributed by atoms with van der Waals surface area (Å²) in [6, 6.07) is 8.67. The third-order valence-corrected chi connectivity index (χ3v) is 4.65. The van der Waals surface area contributed by atoms with Crippen molar-refractivity contribution in [3.05, 3.63) is 29.4 Å². The maximum Gasteiger partial charge on any atom is 0.159 e. The van der Waals surface area contributed by atoms with Crippen LogP contribution in [-0.2, 0) is 0 Å². The predicted molar refractivity (Wildman–Crippen MR) is 88.1 cm³/mol. The highest BCUT2D eigenvalue weighted by Gasteiger charge is 2.25. The Hall–Kier alpha value is -1.39. The fourth-order valence-electron chi connectivity index (χ4n) is 3.26. The largest absolute Gasteiger partial charge is 0.356 e. The van der Waals surface area contributed by atoms with Gasteiger partial charge < -0.3 is 4.90 Å². The summed E-state index contributed by atoms with van der Waals surface area (Å²) in [5.74, 6) is 0.915. The van der Waals surface area contributed by atoms with Crippen molar-refractivity contribution in [2.24, 2.45) is 0 Å². The lowest BCUT2D eigenvalue weighted by atomic mass is 10.1. The third-order valence-electron chi connectivity index (χ3n) is 4.37. The number of nitrogens with zero attached hydrogens (tertiary/aromatic N) is 4. The summed E-state index contributed by atoms with van der Waals surface area (Å²) in [6.07, 6.45) is 2.55. The molecule has 3 rings (SSSR count). The van der Waals surface area contributed by atoms with Crippen LogP contribution in [0.4, 0.5) is 5.82 Å². The van der Waals surface area contributed by atoms with Crippen LogP contribution >= 0.6 is 11.6 Å². The van der Waals surface area contributed by atoms with Crippen molar-refractivity contribution in [3.63, 3.8) is 0 Å². The zero-order valence-corrected chi connectivity index (χ0v) is 13.3. The highest BCUT2D eigenvalue weighted by atomic mass is 35.5. The summed E-state index contributed by atoms with van der Waals surface area (Å²) >= 11 is 6.15. The van der Waals surface area contributed by atoms with Gasteiger partial charge in [0.2, 0.25) is 0 Å². The summed E-state index contributed by atoms with van der Waals surface area (Å²) in [5.41, 5.74) is 0. The zero-order valence-electron chi connectivity index (χ0n) is 12.6. The maximum atomic E-state index is 6.15. The number of fused-ring (bicyclic) bond motifs is 1. The number of likely N-dealkylation sites (tertiary alicyclic amines) is 1. The summed E-state index contributed by atoms with van der Waals surface area (Å²) in [7, 11) is 2.09. The van der Waals surface area contributed by atoms with E-state index in [1.54, 1.807) is 0 Å². The topological polar surface area (TPSA) is 32.3 Å². The van der Waals surface area contributed by atoms with Gasteiger partial charge in [-0.1, -0.05) is 42.8 Å². The lowest BCUT2D eigenvalue weighted by molar-refractivity contribution is 0.270. The van der Waals surface area contributed by atoms with Crippen molar-refractivity contribution in [2.45, 2.75) is 25.8 Å². The number of hydrogen-bond acceptors (Lipinski definition) is 4. The molecule has 1 unspecified atom stereocenters. The van der Waals surface area contributed by atoms with Crippen LogP contribution in [0.15, 0.2) is 24.3 Å². The summed E-state index contributed by atoms with van der Waals surface area (Å²) in [5, 5.41) is 10.9. The van der Waals surface area contributed by atoms with Crippen molar-refractivity contribution in [1.29, 1.82) is 0 Å². The standard InChI is InChI=1S/C16H21ClN4/c1-3-21-10-6-7-12(21)11-20(2)16-14-9-5-4-8-13(14)15(17)18-19-16/h4-5,8-9,12H,3,6-7,10-11H2,1-2H3. The van der Waals surface area contributed by atoms with Gasteiger partial charge >= 0.3 is 0 Å². The molecule has 2 heterocycles. The molecule has 112 valence electrons. The average Bonchev–Trinajstić information content (AvgIpc) is 2.95. The molecular weight excluding hydrogens is 284 g/mol. The molecule has 0 saturated carbocycles. The number of likely N-dealkylation sites (N-methyl/N-ethyl adjacent to an activating group) is 2. The van der Waals surface area contributed by atoms with E-state index in [-0.39, 0.29) is 0 Å². The van der Waals surface area contributed by atoms with E-state index >= 15 is 0 Å². The van der Waals surface area contributed by atoms with Crippen LogP contribution < -0.4 is 4.90 Å². The Morgan fingerprint density at radius 2 is 2.05 bits per heavy atom. The maximum absolute atomic E-state index is 6.15. The smallest absolute Gasteiger partial charge is 0.159 e. The van der Waals surface area contributed by atoms with E-state index in [4.69, 9.17) is 11.6 Å². The minimum atomic E-state index is 0.471. The Kier molecular flexibility index (Phi) is 4.27. The monoisotopic (exact) mass is 304 g/mol. The van der Waals surface area contributed by atoms with Gasteiger partial charge in [-0.2, -0.15) is 0 Å². The first-order chi connectivity index (χ1) is 10.2. The highest BCUT2D eigenvalue weighted by Crippen LogP contribution is 2.28. The van der Waals surface area contributed by atoms with E-state index in [2.05, 4.69) is 40.0 Å². The molecule has 0 radical (unpaired) electrons. The van der Waals surface area contributed by atoms with Gasteiger partial charge in [-0.3, -0.25) is 4.90 Å². The van der Waals surface area contributed by atoms with Gasteiger partial charge in [-0.25, -0.2) is 0 Å². The number of anilines is 1. The van der Waals surface area contributed by atoms with E-state index in [1.165, 1.54) is 19.4 Å². The Morgan fingerprint density at radius 1 is 1.29 bits per heavy atom. The fourth-order valence-corrected chi connectivity index (χ4v) is 3.46. The van der Waals surface area contributed by atoms with E-state index in [0.717, 1.165) is 29.7 Å². The number of benzene rings is 1. The number of aromatic nitrogens is 2. The minimum Gasteiger partial charge on any atom is -0.356 e. The van der Waals surface area contributed by atoms with Crippen molar-refractivity contribution >= 4 is 28.2 Å². The number of halogens is 1. The van der Waals surface area contributed by atoms with E-state index in [9.17, 15) is 0 Å². The highest BCUT2D eigenvalue weighted by molar-refractivity contribution is 6.34. The first kappa shape index (κ1) is 14.5. The van der Waals surface area contributed by atoms with Crippen LogP contribution in [0, 0.1) is 0 Å². The summed E-state index contributed by atoms with van der Waals surface area (Å²) in [4.78, 5) is 4.76. The third kappa shape index (κ3) is 2.83. The second-order valence-electron chi connectivity index (χ2n) is 5.67. The van der Waals surface area contributed by atoms with Crippen molar-refractivity contribution in [3.8, 4) is 0 Å². The Labute approximate surface area is 130 Å². The normalized spacial score (nSPS) is 19.3. The molecule has 0 N–H and O–H groups in total. The first-order valence-corrected chi connectivity index (χ1v) is 7.94. The van der Waals surface area contributed by atoms with Gasteiger partial charge in [0.15, 0.2) is 11.0 Å². The molecule has 1 atom stereocenters. The molecule has 4 nitrogen and oxygen atoms in total. The van der Waals surface area contributed by atoms with Crippen molar-refractivity contribution in [1.82, 2.24) is 15.1 Å². The molecule has 21 heavy (non-hydrogen) atoms. The number of rotatable bonds is 4. The molecule has 1 aromatic heterocycles. The van der Waals surface area contributed by atoms with Crippen LogP contribution in [0.25, 0.3) is 10.8 Å². The SMILES string of the molecule is CCN1CCCC1CN(C)c1nnc(Cl)c2ccccc12.